The van der Waals surface area contributed by atoms with Crippen LogP contribution in [0.25, 0.3) is 0 Å². The maximum absolute atomic E-state index is 7.09. The van der Waals surface area contributed by atoms with Gasteiger partial charge in [0.1, 0.15) is 0 Å². The molecule has 0 nitrogen and oxygen atoms in total. The molecule has 0 saturated carbocycles. The molecule has 0 radical (unpaired) electrons. The number of hydrogen-bond donors (Lipinski definition) is 0. The summed E-state index contributed by atoms with van der Waals surface area (Å²) < 4.78 is 7.09. The van der Waals surface area contributed by atoms with Crippen molar-refractivity contribution in [3.63, 3.8) is 0 Å². The summed E-state index contributed by atoms with van der Waals surface area (Å²) >= 11 is 0. The van der Waals surface area contributed by atoms with Crippen LogP contribution in [-0.4, -0.2) is 0 Å². The van der Waals surface area contributed by atoms with E-state index in [0.717, 1.165) is 6.42 Å². The van der Waals surface area contributed by atoms with Crippen LogP contribution in [0.1, 0.15) is 124 Å². The molecule has 0 aromatic heterocycles. The molecule has 0 spiro atoms. The van der Waals surface area contributed by atoms with E-state index in [-0.39, 0.29) is 0 Å². The van der Waals surface area contributed by atoms with E-state index in [1.807, 2.05) is 0 Å². The molecular weight excluding hydrogens is 228 g/mol. The second-order valence-electron chi connectivity index (χ2n) is 6.16. The Hall–Kier alpha value is 0. The summed E-state index contributed by atoms with van der Waals surface area (Å²) in [6, 6.07) is 0. The van der Waals surface area contributed by atoms with Gasteiger partial charge in [-0.2, -0.15) is 0 Å². The maximum Gasteiger partial charge on any atom is 0.0230 e. The lowest BCUT2D eigenvalue weighted by Crippen LogP contribution is -1.83. The normalized spacial score (nSPS) is 11.7. The van der Waals surface area contributed by atoms with Crippen molar-refractivity contribution in [2.24, 2.45) is 0 Å². The minimum atomic E-state index is 0.624. The van der Waals surface area contributed by atoms with Gasteiger partial charge in [-0.15, -0.1) is 0 Å². The van der Waals surface area contributed by atoms with Crippen LogP contribution in [0.2, 0.25) is 0 Å². The summed E-state index contributed by atoms with van der Waals surface area (Å²) in [5, 5.41) is 0. The summed E-state index contributed by atoms with van der Waals surface area (Å²) in [5.74, 6) is 0. The van der Waals surface area contributed by atoms with Gasteiger partial charge in [0.15, 0.2) is 0 Å². The van der Waals surface area contributed by atoms with Crippen molar-refractivity contribution in [3.05, 3.63) is 0 Å². The van der Waals surface area contributed by atoms with Gasteiger partial charge in [0, 0.05) is 1.37 Å². The summed E-state index contributed by atoms with van der Waals surface area (Å²) in [7, 11) is 0. The topological polar surface area (TPSA) is 0 Å². The van der Waals surface area contributed by atoms with Crippen molar-refractivity contribution in [2.75, 3.05) is 0 Å². The lowest BCUT2D eigenvalue weighted by atomic mass is 10.0. The Labute approximate surface area is 125 Å². The Morgan fingerprint density at radius 2 is 0.684 bits per heavy atom. The van der Waals surface area contributed by atoms with Crippen LogP contribution in [0, 0.1) is 0 Å². The number of rotatable bonds is 16. The summed E-state index contributed by atoms with van der Waals surface area (Å²) in [6.45, 7) is 2.91. The highest BCUT2D eigenvalue weighted by Crippen LogP contribution is 2.13. The van der Waals surface area contributed by atoms with E-state index in [2.05, 4.69) is 6.92 Å². The molecule has 0 saturated heterocycles. The molecule has 0 aromatic carbocycles. The van der Waals surface area contributed by atoms with Gasteiger partial charge in [0.25, 0.3) is 0 Å². The van der Waals surface area contributed by atoms with Gasteiger partial charge in [-0.1, -0.05) is 123 Å². The fourth-order valence-electron chi connectivity index (χ4n) is 2.72. The zero-order valence-electron chi connectivity index (χ0n) is 14.7. The molecule has 0 heteroatoms. The SMILES string of the molecule is [2H]CCCCCCCCCCCCCCCCCCC. The lowest BCUT2D eigenvalue weighted by molar-refractivity contribution is 0.529. The van der Waals surface area contributed by atoms with Gasteiger partial charge < -0.3 is 0 Å². The monoisotopic (exact) mass is 269 g/mol. The molecule has 0 amide bonds. The van der Waals surface area contributed by atoms with Crippen LogP contribution in [0.5, 0.6) is 0 Å². The van der Waals surface area contributed by atoms with Gasteiger partial charge in [0.05, 0.1) is 0 Å². The van der Waals surface area contributed by atoms with Crippen molar-refractivity contribution in [1.82, 2.24) is 0 Å². The Morgan fingerprint density at radius 1 is 0.421 bits per heavy atom. The fourth-order valence-corrected chi connectivity index (χ4v) is 2.72. The van der Waals surface area contributed by atoms with Crippen molar-refractivity contribution in [2.45, 2.75) is 123 Å². The van der Waals surface area contributed by atoms with Gasteiger partial charge in [-0.05, 0) is 0 Å². The second-order valence-corrected chi connectivity index (χ2v) is 6.16. The van der Waals surface area contributed by atoms with Crippen molar-refractivity contribution in [1.29, 1.82) is 0 Å². The van der Waals surface area contributed by atoms with Crippen LogP contribution in [0.3, 0.4) is 0 Å². The Bertz CT molecular complexity index is 138. The molecule has 0 aliphatic carbocycles. The van der Waals surface area contributed by atoms with E-state index in [4.69, 9.17) is 1.37 Å². The van der Waals surface area contributed by atoms with E-state index in [1.165, 1.54) is 103 Å². The highest BCUT2D eigenvalue weighted by molar-refractivity contribution is 4.49. The Morgan fingerprint density at radius 3 is 0.947 bits per heavy atom. The summed E-state index contributed by atoms with van der Waals surface area (Å²) in [5.41, 5.74) is 0. The quantitative estimate of drug-likeness (QED) is 0.252. The zero-order valence-corrected chi connectivity index (χ0v) is 13.7. The Balaban J connectivity index is 2.89. The van der Waals surface area contributed by atoms with Crippen molar-refractivity contribution >= 4 is 0 Å². The average molecular weight is 270 g/mol. The minimum Gasteiger partial charge on any atom is -0.0654 e. The van der Waals surface area contributed by atoms with Crippen LogP contribution in [0.15, 0.2) is 0 Å². The summed E-state index contributed by atoms with van der Waals surface area (Å²) in [4.78, 5) is 0. The van der Waals surface area contributed by atoms with E-state index in [9.17, 15) is 0 Å². The first-order chi connectivity index (χ1) is 9.91. The average Bonchev–Trinajstić information content (AvgIpc) is 2.47. The van der Waals surface area contributed by atoms with Gasteiger partial charge in [-0.25, -0.2) is 0 Å². The van der Waals surface area contributed by atoms with E-state index in [0.29, 0.717) is 6.90 Å². The number of unbranched alkanes of at least 4 members (excludes halogenated alkanes) is 16. The molecule has 0 aliphatic rings. The smallest absolute Gasteiger partial charge is 0.0230 e. The van der Waals surface area contributed by atoms with Crippen LogP contribution in [0.4, 0.5) is 0 Å². The molecule has 0 bridgehead atoms. The molecule has 0 heterocycles. The lowest BCUT2D eigenvalue weighted by Gasteiger charge is -2.03. The molecule has 19 heavy (non-hydrogen) atoms. The third kappa shape index (κ3) is 18.0. The van der Waals surface area contributed by atoms with Gasteiger partial charge in [-0.3, -0.25) is 0 Å². The molecule has 0 aromatic rings. The van der Waals surface area contributed by atoms with Gasteiger partial charge in [0.2, 0.25) is 0 Å². The Kier molecular flexibility index (Phi) is 16.2. The van der Waals surface area contributed by atoms with Crippen LogP contribution < -0.4 is 0 Å². The first-order valence-corrected chi connectivity index (χ1v) is 9.21. The molecule has 0 rings (SSSR count). The molecule has 0 unspecified atom stereocenters. The first kappa shape index (κ1) is 17.1. The number of hydrogen-bond acceptors (Lipinski definition) is 0. The maximum atomic E-state index is 7.09. The first-order valence-electron chi connectivity index (χ1n) is 9.91. The second kappa shape index (κ2) is 18.0. The van der Waals surface area contributed by atoms with Crippen molar-refractivity contribution < 1.29 is 1.37 Å². The molecule has 116 valence electrons. The van der Waals surface area contributed by atoms with Crippen LogP contribution in [-0.2, 0) is 0 Å². The summed E-state index contributed by atoms with van der Waals surface area (Å²) in [6.07, 6.45) is 24.0. The molecule has 0 atom stereocenters. The predicted octanol–water partition coefficient (Wildman–Crippen LogP) is 7.66. The molecule has 0 fully saturated rings. The molecular formula is C19H40. The predicted molar refractivity (Wildman–Crippen MR) is 89.8 cm³/mol. The van der Waals surface area contributed by atoms with E-state index in [1.54, 1.807) is 0 Å². The third-order valence-electron chi connectivity index (χ3n) is 4.10. The van der Waals surface area contributed by atoms with E-state index < -0.39 is 0 Å². The minimum absolute atomic E-state index is 0.624. The zero-order chi connectivity index (χ0) is 14.7. The van der Waals surface area contributed by atoms with Gasteiger partial charge >= 0.3 is 0 Å². The highest BCUT2D eigenvalue weighted by Gasteiger charge is 1.94. The highest BCUT2D eigenvalue weighted by atomic mass is 14.0. The van der Waals surface area contributed by atoms with Crippen LogP contribution >= 0.6 is 0 Å². The van der Waals surface area contributed by atoms with E-state index >= 15 is 0 Å². The largest absolute Gasteiger partial charge is 0.0654 e. The molecule has 0 N–H and O–H groups in total. The standard InChI is InChI=1S/C19H40/c1-3-5-7-9-11-13-15-17-19-18-16-14-12-10-8-6-4-2/h3-19H2,1-2H3/i1D. The fraction of sp³-hybridized carbons (Fsp3) is 1.00. The molecule has 0 aliphatic heterocycles. The van der Waals surface area contributed by atoms with Crippen molar-refractivity contribution in [3.8, 4) is 0 Å². The third-order valence-corrected chi connectivity index (χ3v) is 4.10.